The molecule has 0 bridgehead atoms. The first-order valence-corrected chi connectivity index (χ1v) is 9.53. The Morgan fingerprint density at radius 1 is 0.964 bits per heavy atom. The maximum Gasteiger partial charge on any atom is 0.274 e. The summed E-state index contributed by atoms with van der Waals surface area (Å²) in [6.07, 6.45) is 1.95. The predicted molar refractivity (Wildman–Crippen MR) is 114 cm³/mol. The van der Waals surface area contributed by atoms with E-state index in [-0.39, 0.29) is 5.91 Å². The number of carbonyl (C=O) groups is 1. The van der Waals surface area contributed by atoms with Crippen molar-refractivity contribution in [3.8, 4) is 0 Å². The highest BCUT2D eigenvalue weighted by molar-refractivity contribution is 6.03. The number of aryl methyl sites for hydroxylation is 4. The van der Waals surface area contributed by atoms with Crippen LogP contribution in [-0.2, 0) is 6.42 Å². The predicted octanol–water partition coefficient (Wildman–Crippen LogP) is 4.70. The summed E-state index contributed by atoms with van der Waals surface area (Å²) >= 11 is 0. The molecule has 2 aromatic carbocycles. The summed E-state index contributed by atoms with van der Waals surface area (Å²) in [7, 11) is 0. The molecule has 0 radical (unpaired) electrons. The van der Waals surface area contributed by atoms with Crippen LogP contribution < -0.4 is 10.6 Å². The smallest absolute Gasteiger partial charge is 0.274 e. The first kappa shape index (κ1) is 19.5. The molecule has 0 atom stereocenters. The Hall–Kier alpha value is -3.21. The molecule has 5 heteroatoms. The molecule has 0 fully saturated rings. The molecule has 2 N–H and O–H groups in total. The lowest BCUT2D eigenvalue weighted by atomic mass is 10.1. The summed E-state index contributed by atoms with van der Waals surface area (Å²) < 4.78 is 0. The Labute approximate surface area is 166 Å². The van der Waals surface area contributed by atoms with Crippen molar-refractivity contribution in [2.24, 2.45) is 0 Å². The first-order valence-electron chi connectivity index (χ1n) is 9.53. The molecule has 1 aromatic heterocycles. The molecule has 28 heavy (non-hydrogen) atoms. The van der Waals surface area contributed by atoms with Gasteiger partial charge in [0.2, 0.25) is 5.95 Å². The fourth-order valence-corrected chi connectivity index (χ4v) is 2.96. The van der Waals surface area contributed by atoms with Crippen molar-refractivity contribution in [1.82, 2.24) is 9.97 Å². The third-order valence-electron chi connectivity index (χ3n) is 4.50. The zero-order chi connectivity index (χ0) is 19.9. The largest absolute Gasteiger partial charge is 0.354 e. The maximum absolute atomic E-state index is 12.7. The van der Waals surface area contributed by atoms with Crippen LogP contribution >= 0.6 is 0 Å². The van der Waals surface area contributed by atoms with Gasteiger partial charge < -0.3 is 10.6 Å². The number of nitrogens with one attached hydrogen (secondary N) is 2. The fraction of sp³-hybridized carbons (Fsp3) is 0.261. The van der Waals surface area contributed by atoms with Gasteiger partial charge in [-0.1, -0.05) is 42.5 Å². The lowest BCUT2D eigenvalue weighted by molar-refractivity contribution is 0.102. The Morgan fingerprint density at radius 2 is 1.75 bits per heavy atom. The third-order valence-corrected chi connectivity index (χ3v) is 4.50. The van der Waals surface area contributed by atoms with Crippen molar-refractivity contribution in [2.45, 2.75) is 33.6 Å². The highest BCUT2D eigenvalue weighted by Crippen LogP contribution is 2.17. The van der Waals surface area contributed by atoms with Gasteiger partial charge in [-0.05, 0) is 62.4 Å². The molecular weight excluding hydrogens is 348 g/mol. The molecule has 1 heterocycles. The maximum atomic E-state index is 12.7. The molecule has 5 nitrogen and oxygen atoms in total. The van der Waals surface area contributed by atoms with Gasteiger partial charge in [0.15, 0.2) is 0 Å². The average molecular weight is 374 g/mol. The minimum absolute atomic E-state index is 0.230. The number of aromatic nitrogens is 2. The van der Waals surface area contributed by atoms with Crippen LogP contribution in [0.15, 0.2) is 54.6 Å². The van der Waals surface area contributed by atoms with E-state index >= 15 is 0 Å². The second kappa shape index (κ2) is 9.13. The van der Waals surface area contributed by atoms with E-state index < -0.39 is 0 Å². The molecule has 3 rings (SSSR count). The summed E-state index contributed by atoms with van der Waals surface area (Å²) in [4.78, 5) is 21.5. The Kier molecular flexibility index (Phi) is 6.37. The van der Waals surface area contributed by atoms with Gasteiger partial charge in [0.25, 0.3) is 5.91 Å². The molecule has 0 saturated carbocycles. The van der Waals surface area contributed by atoms with Gasteiger partial charge in [0.05, 0.1) is 0 Å². The van der Waals surface area contributed by atoms with E-state index in [1.54, 1.807) is 6.07 Å². The molecule has 0 aliphatic rings. The van der Waals surface area contributed by atoms with Gasteiger partial charge in [0.1, 0.15) is 5.69 Å². The van der Waals surface area contributed by atoms with Gasteiger partial charge in [-0.15, -0.1) is 0 Å². The minimum Gasteiger partial charge on any atom is -0.354 e. The molecule has 0 spiro atoms. The molecule has 3 aromatic rings. The number of hydrogen-bond donors (Lipinski definition) is 2. The quantitative estimate of drug-likeness (QED) is 0.588. The van der Waals surface area contributed by atoms with Crippen LogP contribution in [0.2, 0.25) is 0 Å². The monoisotopic (exact) mass is 374 g/mol. The van der Waals surface area contributed by atoms with Crippen molar-refractivity contribution in [2.75, 3.05) is 17.2 Å². The summed E-state index contributed by atoms with van der Waals surface area (Å²) in [6.45, 7) is 6.59. The highest BCUT2D eigenvalue weighted by Gasteiger charge is 2.12. The van der Waals surface area contributed by atoms with Crippen LogP contribution in [-0.4, -0.2) is 22.4 Å². The second-order valence-corrected chi connectivity index (χ2v) is 7.01. The molecule has 144 valence electrons. The molecule has 0 unspecified atom stereocenters. The van der Waals surface area contributed by atoms with Crippen molar-refractivity contribution < 1.29 is 4.79 Å². The van der Waals surface area contributed by atoms with Crippen LogP contribution in [0.5, 0.6) is 0 Å². The molecule has 0 saturated heterocycles. The lowest BCUT2D eigenvalue weighted by Gasteiger charge is -2.11. The van der Waals surface area contributed by atoms with Gasteiger partial charge in [-0.3, -0.25) is 4.79 Å². The lowest BCUT2D eigenvalue weighted by Crippen LogP contribution is -2.17. The zero-order valence-corrected chi connectivity index (χ0v) is 16.6. The van der Waals surface area contributed by atoms with Crippen LogP contribution in [0.4, 0.5) is 11.6 Å². The SMILES string of the molecule is Cc1ccc(C)c(NC(=O)c2cc(C)nc(NCCCc3ccccc3)n2)c1. The number of amides is 1. The Bertz CT molecular complexity index is 954. The van der Waals surface area contributed by atoms with Crippen LogP contribution in [0.3, 0.4) is 0 Å². The van der Waals surface area contributed by atoms with Gasteiger partial charge >= 0.3 is 0 Å². The van der Waals surface area contributed by atoms with Crippen molar-refractivity contribution in [3.63, 3.8) is 0 Å². The van der Waals surface area contributed by atoms with Crippen molar-refractivity contribution in [3.05, 3.63) is 82.7 Å². The molecule has 1 amide bonds. The summed E-state index contributed by atoms with van der Waals surface area (Å²) in [5, 5.41) is 6.19. The van der Waals surface area contributed by atoms with Crippen LogP contribution in [0.1, 0.15) is 39.3 Å². The molecule has 0 aliphatic carbocycles. The number of carbonyl (C=O) groups excluding carboxylic acids is 1. The first-order chi connectivity index (χ1) is 13.5. The summed E-state index contributed by atoms with van der Waals surface area (Å²) in [5.41, 5.74) is 5.34. The highest BCUT2D eigenvalue weighted by atomic mass is 16.1. The Balaban J connectivity index is 1.62. The van der Waals surface area contributed by atoms with E-state index in [4.69, 9.17) is 0 Å². The van der Waals surface area contributed by atoms with E-state index in [9.17, 15) is 4.79 Å². The van der Waals surface area contributed by atoms with Gasteiger partial charge in [-0.2, -0.15) is 0 Å². The topological polar surface area (TPSA) is 66.9 Å². The van der Waals surface area contributed by atoms with Crippen LogP contribution in [0.25, 0.3) is 0 Å². The van der Waals surface area contributed by atoms with Gasteiger partial charge in [0, 0.05) is 17.9 Å². The van der Waals surface area contributed by atoms with Gasteiger partial charge in [-0.25, -0.2) is 9.97 Å². The standard InChI is InChI=1S/C23H26N4O/c1-16-11-12-17(2)20(14-16)26-22(28)21-15-18(3)25-23(27-21)24-13-7-10-19-8-5-4-6-9-19/h4-6,8-9,11-12,14-15H,7,10,13H2,1-3H3,(H,26,28)(H,24,25,27). The average Bonchev–Trinajstić information content (AvgIpc) is 2.68. The second-order valence-electron chi connectivity index (χ2n) is 7.01. The fourth-order valence-electron chi connectivity index (χ4n) is 2.96. The third kappa shape index (κ3) is 5.39. The van der Waals surface area contributed by atoms with E-state index in [2.05, 4.69) is 32.7 Å². The number of nitrogens with zero attached hydrogens (tertiary/aromatic N) is 2. The number of rotatable bonds is 7. The summed E-state index contributed by atoms with van der Waals surface area (Å²) in [5.74, 6) is 0.255. The van der Waals surface area contributed by atoms with Crippen LogP contribution in [0, 0.1) is 20.8 Å². The Morgan fingerprint density at radius 3 is 2.54 bits per heavy atom. The number of hydrogen-bond acceptors (Lipinski definition) is 4. The number of benzene rings is 2. The van der Waals surface area contributed by atoms with Crippen molar-refractivity contribution in [1.29, 1.82) is 0 Å². The van der Waals surface area contributed by atoms with Crippen molar-refractivity contribution >= 4 is 17.5 Å². The zero-order valence-electron chi connectivity index (χ0n) is 16.6. The summed E-state index contributed by atoms with van der Waals surface area (Å²) in [6, 6.07) is 18.1. The minimum atomic E-state index is -0.230. The normalized spacial score (nSPS) is 10.5. The number of anilines is 2. The van der Waals surface area contributed by atoms with E-state index in [1.807, 2.05) is 57.2 Å². The van der Waals surface area contributed by atoms with E-state index in [0.717, 1.165) is 41.9 Å². The molecule has 0 aliphatic heterocycles. The van der Waals surface area contributed by atoms with E-state index in [0.29, 0.717) is 11.6 Å². The molecular formula is C23H26N4O. The van der Waals surface area contributed by atoms with E-state index in [1.165, 1.54) is 5.56 Å².